The molecule has 1 heterocycles. The smallest absolute Gasteiger partial charge is 0.172 e. The predicted octanol–water partition coefficient (Wildman–Crippen LogP) is 1.28. The standard InChI is InChI=1S/C15H21NO4/c1-18-10-13(17)9-16-5-4-11-6-14(19-2)15(20-3)7-12(11)8-16/h6-7H,4-5,8-10H2,1-3H3. The summed E-state index contributed by atoms with van der Waals surface area (Å²) in [6.45, 7) is 2.24. The van der Waals surface area contributed by atoms with Crippen LogP contribution in [0.1, 0.15) is 11.1 Å². The van der Waals surface area contributed by atoms with E-state index in [2.05, 4.69) is 4.90 Å². The summed E-state index contributed by atoms with van der Waals surface area (Å²) in [5.41, 5.74) is 2.46. The third-order valence-corrected chi connectivity index (χ3v) is 3.50. The number of hydrogen-bond acceptors (Lipinski definition) is 5. The number of ether oxygens (including phenoxy) is 3. The monoisotopic (exact) mass is 279 g/mol. The van der Waals surface area contributed by atoms with E-state index in [1.54, 1.807) is 21.3 Å². The Morgan fingerprint density at radius 3 is 2.40 bits per heavy atom. The van der Waals surface area contributed by atoms with Crippen molar-refractivity contribution in [2.75, 3.05) is 41.0 Å². The fourth-order valence-corrected chi connectivity index (χ4v) is 2.53. The van der Waals surface area contributed by atoms with Crippen LogP contribution >= 0.6 is 0 Å². The average Bonchev–Trinajstić information content (AvgIpc) is 2.45. The predicted molar refractivity (Wildman–Crippen MR) is 75.4 cm³/mol. The van der Waals surface area contributed by atoms with Gasteiger partial charge < -0.3 is 14.2 Å². The molecule has 110 valence electrons. The topological polar surface area (TPSA) is 48.0 Å². The summed E-state index contributed by atoms with van der Waals surface area (Å²) in [6.07, 6.45) is 0.913. The van der Waals surface area contributed by atoms with E-state index < -0.39 is 0 Å². The molecule has 1 aromatic rings. The number of methoxy groups -OCH3 is 3. The average molecular weight is 279 g/mol. The van der Waals surface area contributed by atoms with Crippen LogP contribution in [0.4, 0.5) is 0 Å². The SMILES string of the molecule is COCC(=O)CN1CCc2cc(OC)c(OC)cc2C1. The van der Waals surface area contributed by atoms with Crippen molar-refractivity contribution in [1.82, 2.24) is 4.90 Å². The number of Topliss-reactive ketones (excluding diaryl/α,β-unsaturated/α-hetero) is 1. The molecule has 0 N–H and O–H groups in total. The minimum absolute atomic E-state index is 0.108. The van der Waals surface area contributed by atoms with Gasteiger partial charge in [0.1, 0.15) is 6.61 Å². The maximum absolute atomic E-state index is 11.6. The number of rotatable bonds is 6. The first kappa shape index (κ1) is 14.8. The lowest BCUT2D eigenvalue weighted by Crippen LogP contribution is -2.36. The number of benzene rings is 1. The number of carbonyl (C=O) groups excluding carboxylic acids is 1. The number of nitrogens with zero attached hydrogens (tertiary/aromatic N) is 1. The molecule has 0 saturated heterocycles. The van der Waals surface area contributed by atoms with Crippen LogP contribution in [0.15, 0.2) is 12.1 Å². The van der Waals surface area contributed by atoms with Crippen molar-refractivity contribution in [3.63, 3.8) is 0 Å². The quantitative estimate of drug-likeness (QED) is 0.785. The largest absolute Gasteiger partial charge is 0.493 e. The maximum atomic E-state index is 11.6. The maximum Gasteiger partial charge on any atom is 0.172 e. The molecule has 0 fully saturated rings. The van der Waals surface area contributed by atoms with E-state index >= 15 is 0 Å². The molecule has 0 radical (unpaired) electrons. The van der Waals surface area contributed by atoms with Crippen LogP contribution < -0.4 is 9.47 Å². The Hall–Kier alpha value is -1.59. The molecule has 1 aromatic carbocycles. The second kappa shape index (κ2) is 6.72. The van der Waals surface area contributed by atoms with Crippen molar-refractivity contribution in [2.24, 2.45) is 0 Å². The van der Waals surface area contributed by atoms with Gasteiger partial charge in [-0.15, -0.1) is 0 Å². The molecule has 0 aromatic heterocycles. The van der Waals surface area contributed by atoms with Crippen molar-refractivity contribution in [2.45, 2.75) is 13.0 Å². The number of ketones is 1. The van der Waals surface area contributed by atoms with E-state index in [1.807, 2.05) is 12.1 Å². The van der Waals surface area contributed by atoms with Crippen LogP contribution in [0.2, 0.25) is 0 Å². The molecule has 1 aliphatic heterocycles. The normalized spacial score (nSPS) is 14.8. The van der Waals surface area contributed by atoms with Crippen LogP contribution in [-0.4, -0.2) is 51.7 Å². The zero-order valence-corrected chi connectivity index (χ0v) is 12.3. The molecule has 0 aliphatic carbocycles. The highest BCUT2D eigenvalue weighted by molar-refractivity contribution is 5.81. The third kappa shape index (κ3) is 3.29. The van der Waals surface area contributed by atoms with Crippen molar-refractivity contribution in [3.8, 4) is 11.5 Å². The van der Waals surface area contributed by atoms with Gasteiger partial charge >= 0.3 is 0 Å². The van der Waals surface area contributed by atoms with Crippen LogP contribution in [0.25, 0.3) is 0 Å². The summed E-state index contributed by atoms with van der Waals surface area (Å²) < 4.78 is 15.5. The van der Waals surface area contributed by atoms with Gasteiger partial charge in [-0.05, 0) is 29.7 Å². The van der Waals surface area contributed by atoms with Crippen molar-refractivity contribution in [3.05, 3.63) is 23.3 Å². The Morgan fingerprint density at radius 2 is 1.80 bits per heavy atom. The summed E-state index contributed by atoms with van der Waals surface area (Å²) in [6, 6.07) is 4.03. The first-order valence-electron chi connectivity index (χ1n) is 6.64. The van der Waals surface area contributed by atoms with Crippen LogP contribution in [-0.2, 0) is 22.5 Å². The van der Waals surface area contributed by atoms with Gasteiger partial charge in [0.15, 0.2) is 17.3 Å². The van der Waals surface area contributed by atoms with Crippen LogP contribution in [0.5, 0.6) is 11.5 Å². The lowest BCUT2D eigenvalue weighted by atomic mass is 9.98. The van der Waals surface area contributed by atoms with E-state index in [4.69, 9.17) is 14.2 Å². The zero-order valence-electron chi connectivity index (χ0n) is 12.3. The van der Waals surface area contributed by atoms with Crippen LogP contribution in [0, 0.1) is 0 Å². The minimum atomic E-state index is 0.108. The molecule has 0 unspecified atom stereocenters. The Bertz CT molecular complexity index is 487. The molecule has 1 aliphatic rings. The second-order valence-electron chi connectivity index (χ2n) is 4.91. The molecule has 20 heavy (non-hydrogen) atoms. The van der Waals surface area contributed by atoms with Gasteiger partial charge in [0.2, 0.25) is 0 Å². The van der Waals surface area contributed by atoms with Crippen molar-refractivity contribution in [1.29, 1.82) is 0 Å². The number of carbonyl (C=O) groups is 1. The van der Waals surface area contributed by atoms with Crippen LogP contribution in [0.3, 0.4) is 0 Å². The van der Waals surface area contributed by atoms with Gasteiger partial charge in [-0.1, -0.05) is 0 Å². The van der Waals surface area contributed by atoms with E-state index in [0.717, 1.165) is 31.0 Å². The minimum Gasteiger partial charge on any atom is -0.493 e. The Labute approximate surface area is 119 Å². The summed E-state index contributed by atoms with van der Waals surface area (Å²) in [5.74, 6) is 1.60. The van der Waals surface area contributed by atoms with Crippen molar-refractivity contribution >= 4 is 5.78 Å². The summed E-state index contributed by atoms with van der Waals surface area (Å²) in [7, 11) is 4.82. The summed E-state index contributed by atoms with van der Waals surface area (Å²) in [5, 5.41) is 0. The molecule has 0 amide bonds. The highest BCUT2D eigenvalue weighted by atomic mass is 16.5. The first-order chi connectivity index (χ1) is 9.67. The molecule has 5 heteroatoms. The first-order valence-corrected chi connectivity index (χ1v) is 6.64. The molecule has 0 bridgehead atoms. The molecule has 0 atom stereocenters. The number of hydrogen-bond donors (Lipinski definition) is 0. The highest BCUT2D eigenvalue weighted by Crippen LogP contribution is 2.33. The van der Waals surface area contributed by atoms with Crippen molar-refractivity contribution < 1.29 is 19.0 Å². The van der Waals surface area contributed by atoms with E-state index in [9.17, 15) is 4.79 Å². The molecular formula is C15H21NO4. The summed E-state index contributed by atoms with van der Waals surface area (Å²) in [4.78, 5) is 13.8. The van der Waals surface area contributed by atoms with Gasteiger partial charge in [-0.25, -0.2) is 0 Å². The summed E-state index contributed by atoms with van der Waals surface area (Å²) >= 11 is 0. The van der Waals surface area contributed by atoms with Gasteiger partial charge in [-0.2, -0.15) is 0 Å². The zero-order chi connectivity index (χ0) is 14.5. The van der Waals surface area contributed by atoms with E-state index in [0.29, 0.717) is 6.54 Å². The van der Waals surface area contributed by atoms with Gasteiger partial charge in [0.25, 0.3) is 0 Å². The molecule has 0 spiro atoms. The Kier molecular flexibility index (Phi) is 4.98. The fourth-order valence-electron chi connectivity index (χ4n) is 2.53. The molecule has 5 nitrogen and oxygen atoms in total. The fraction of sp³-hybridized carbons (Fsp3) is 0.533. The third-order valence-electron chi connectivity index (χ3n) is 3.50. The lowest BCUT2D eigenvalue weighted by Gasteiger charge is -2.28. The van der Waals surface area contributed by atoms with Gasteiger partial charge in [-0.3, -0.25) is 9.69 Å². The molecule has 2 rings (SSSR count). The number of fused-ring (bicyclic) bond motifs is 1. The second-order valence-corrected chi connectivity index (χ2v) is 4.91. The molecular weight excluding hydrogens is 258 g/mol. The highest BCUT2D eigenvalue weighted by Gasteiger charge is 2.20. The Balaban J connectivity index is 2.11. The molecule has 0 saturated carbocycles. The van der Waals surface area contributed by atoms with Gasteiger partial charge in [0.05, 0.1) is 20.8 Å². The lowest BCUT2D eigenvalue weighted by molar-refractivity contribution is -0.124. The Morgan fingerprint density at radius 1 is 1.15 bits per heavy atom. The van der Waals surface area contributed by atoms with E-state index in [-0.39, 0.29) is 12.4 Å². The van der Waals surface area contributed by atoms with E-state index in [1.165, 1.54) is 11.1 Å². The van der Waals surface area contributed by atoms with Gasteiger partial charge in [0, 0.05) is 20.2 Å².